The Morgan fingerprint density at radius 2 is 1.94 bits per heavy atom. The van der Waals surface area contributed by atoms with Crippen LogP contribution in [0.4, 0.5) is 0 Å². The van der Waals surface area contributed by atoms with Gasteiger partial charge in [-0.05, 0) is 50.0 Å². The minimum Gasteiger partial charge on any atom is -0.314 e. The lowest BCUT2D eigenvalue weighted by molar-refractivity contribution is 0.357. The maximum atomic E-state index is 11.8. The molecule has 0 aromatic carbocycles. The molecule has 106 valence electrons. The fourth-order valence-corrected chi connectivity index (χ4v) is 3.48. The number of hydrogen-bond donors (Lipinski definition) is 2. The first-order chi connectivity index (χ1) is 8.44. The fraction of sp³-hybridized carbons (Fsp3) is 1.00. The fourth-order valence-electron chi connectivity index (χ4n) is 2.30. The largest absolute Gasteiger partial charge is 0.314 e. The van der Waals surface area contributed by atoms with E-state index in [9.17, 15) is 8.42 Å². The number of hydrogen-bond acceptors (Lipinski definition) is 3. The molecule has 0 aromatic rings. The summed E-state index contributed by atoms with van der Waals surface area (Å²) >= 11 is 0. The molecule has 2 aliphatic rings. The van der Waals surface area contributed by atoms with Gasteiger partial charge in [0.15, 0.2) is 0 Å². The average Bonchev–Trinajstić information content (AvgIpc) is 3.15. The summed E-state index contributed by atoms with van der Waals surface area (Å²) in [4.78, 5) is 0. The smallest absolute Gasteiger partial charge is 0.211 e. The molecular formula is C13H26N2O2S. The standard InChI is InChI=1S/C13H26N2O2S/c1-11(2)13(6-7-13)10-15-18(16,17)9-3-8-14-12-4-5-12/h11-12,14-15H,3-10H2,1-2H3. The predicted molar refractivity (Wildman–Crippen MR) is 73.9 cm³/mol. The van der Waals surface area contributed by atoms with Gasteiger partial charge in [-0.1, -0.05) is 13.8 Å². The van der Waals surface area contributed by atoms with Crippen molar-refractivity contribution in [3.8, 4) is 0 Å². The van der Waals surface area contributed by atoms with Crippen LogP contribution >= 0.6 is 0 Å². The van der Waals surface area contributed by atoms with Gasteiger partial charge >= 0.3 is 0 Å². The quantitative estimate of drug-likeness (QED) is 0.626. The molecule has 0 unspecified atom stereocenters. The average molecular weight is 274 g/mol. The molecule has 2 aliphatic carbocycles. The summed E-state index contributed by atoms with van der Waals surface area (Å²) in [6.07, 6.45) is 5.54. The molecule has 0 aliphatic heterocycles. The monoisotopic (exact) mass is 274 g/mol. The summed E-state index contributed by atoms with van der Waals surface area (Å²) in [6, 6.07) is 0.663. The van der Waals surface area contributed by atoms with Gasteiger partial charge in [0.2, 0.25) is 10.0 Å². The zero-order chi connectivity index (χ0) is 13.2. The van der Waals surface area contributed by atoms with Gasteiger partial charge in [-0.3, -0.25) is 0 Å². The Morgan fingerprint density at radius 1 is 1.28 bits per heavy atom. The molecule has 0 aromatic heterocycles. The van der Waals surface area contributed by atoms with Crippen molar-refractivity contribution in [3.63, 3.8) is 0 Å². The molecule has 2 fully saturated rings. The zero-order valence-corrected chi connectivity index (χ0v) is 12.4. The molecule has 4 nitrogen and oxygen atoms in total. The summed E-state index contributed by atoms with van der Waals surface area (Å²) in [5.41, 5.74) is 0.249. The Bertz CT molecular complexity index is 370. The van der Waals surface area contributed by atoms with Crippen molar-refractivity contribution in [2.24, 2.45) is 11.3 Å². The summed E-state index contributed by atoms with van der Waals surface area (Å²) in [7, 11) is -3.08. The van der Waals surface area contributed by atoms with Gasteiger partial charge in [-0.25, -0.2) is 13.1 Å². The molecule has 0 atom stereocenters. The van der Waals surface area contributed by atoms with Crippen molar-refractivity contribution < 1.29 is 8.42 Å². The Balaban J connectivity index is 1.63. The van der Waals surface area contributed by atoms with E-state index in [-0.39, 0.29) is 11.2 Å². The van der Waals surface area contributed by atoms with Crippen LogP contribution in [0.15, 0.2) is 0 Å². The molecule has 5 heteroatoms. The molecule has 0 saturated heterocycles. The van der Waals surface area contributed by atoms with E-state index < -0.39 is 10.0 Å². The molecule has 2 N–H and O–H groups in total. The normalized spacial score (nSPS) is 22.4. The van der Waals surface area contributed by atoms with E-state index in [1.54, 1.807) is 0 Å². The van der Waals surface area contributed by atoms with Gasteiger partial charge in [0.05, 0.1) is 5.75 Å². The summed E-state index contributed by atoms with van der Waals surface area (Å²) in [6.45, 7) is 5.81. The highest BCUT2D eigenvalue weighted by molar-refractivity contribution is 7.89. The molecule has 0 amide bonds. The van der Waals surface area contributed by atoms with Crippen molar-refractivity contribution in [1.82, 2.24) is 10.0 Å². The minimum atomic E-state index is -3.08. The Hall–Kier alpha value is -0.130. The second kappa shape index (κ2) is 5.47. The lowest BCUT2D eigenvalue weighted by Crippen LogP contribution is -2.35. The van der Waals surface area contributed by atoms with Crippen molar-refractivity contribution in [1.29, 1.82) is 0 Å². The van der Waals surface area contributed by atoms with Crippen LogP contribution in [-0.4, -0.2) is 33.3 Å². The number of nitrogens with one attached hydrogen (secondary N) is 2. The maximum Gasteiger partial charge on any atom is 0.211 e. The number of sulfonamides is 1. The second-order valence-corrected chi connectivity index (χ2v) is 8.17. The minimum absolute atomic E-state index is 0.249. The number of rotatable bonds is 9. The topological polar surface area (TPSA) is 58.2 Å². The van der Waals surface area contributed by atoms with E-state index in [1.807, 2.05) is 0 Å². The summed E-state index contributed by atoms with van der Waals surface area (Å²) < 4.78 is 26.5. The Morgan fingerprint density at radius 3 is 2.44 bits per heavy atom. The molecule has 2 saturated carbocycles. The van der Waals surface area contributed by atoms with Gasteiger partial charge in [0.1, 0.15) is 0 Å². The van der Waals surface area contributed by atoms with Gasteiger partial charge in [-0.15, -0.1) is 0 Å². The first-order valence-corrected chi connectivity index (χ1v) is 8.79. The lowest BCUT2D eigenvalue weighted by atomic mass is 9.93. The summed E-state index contributed by atoms with van der Waals surface area (Å²) in [5, 5.41) is 3.34. The van der Waals surface area contributed by atoms with Gasteiger partial charge in [-0.2, -0.15) is 0 Å². The van der Waals surface area contributed by atoms with Gasteiger partial charge in [0.25, 0.3) is 0 Å². The molecule has 0 heterocycles. The highest BCUT2D eigenvalue weighted by atomic mass is 32.2. The van der Waals surface area contributed by atoms with Crippen molar-refractivity contribution in [2.45, 2.75) is 52.0 Å². The maximum absolute atomic E-state index is 11.8. The zero-order valence-electron chi connectivity index (χ0n) is 11.5. The van der Waals surface area contributed by atoms with Crippen LogP contribution in [-0.2, 0) is 10.0 Å². The Kier molecular flexibility index (Phi) is 4.34. The van der Waals surface area contributed by atoms with Crippen LogP contribution in [0.25, 0.3) is 0 Å². The van der Waals surface area contributed by atoms with Crippen LogP contribution < -0.4 is 10.0 Å². The molecular weight excluding hydrogens is 248 g/mol. The second-order valence-electron chi connectivity index (χ2n) is 6.24. The summed E-state index contributed by atoms with van der Waals surface area (Å²) in [5.74, 6) is 0.817. The molecule has 0 radical (unpaired) electrons. The van der Waals surface area contributed by atoms with Gasteiger partial charge < -0.3 is 5.32 Å². The molecule has 0 bridgehead atoms. The van der Waals surface area contributed by atoms with Gasteiger partial charge in [0, 0.05) is 12.6 Å². The van der Waals surface area contributed by atoms with Crippen LogP contribution in [0.1, 0.15) is 46.0 Å². The molecule has 0 spiro atoms. The lowest BCUT2D eigenvalue weighted by Gasteiger charge is -2.20. The van der Waals surface area contributed by atoms with Crippen LogP contribution in [0.5, 0.6) is 0 Å². The predicted octanol–water partition coefficient (Wildman–Crippen LogP) is 1.48. The van der Waals surface area contributed by atoms with E-state index in [4.69, 9.17) is 0 Å². The van der Waals surface area contributed by atoms with Crippen LogP contribution in [0, 0.1) is 11.3 Å². The SMILES string of the molecule is CC(C)C1(CNS(=O)(=O)CCCNC2CC2)CC1. The van der Waals surface area contributed by atoms with Crippen molar-refractivity contribution >= 4 is 10.0 Å². The third-order valence-electron chi connectivity index (χ3n) is 4.36. The highest BCUT2D eigenvalue weighted by Crippen LogP contribution is 2.51. The first-order valence-electron chi connectivity index (χ1n) is 7.14. The van der Waals surface area contributed by atoms with E-state index in [0.29, 0.717) is 24.9 Å². The molecule has 18 heavy (non-hydrogen) atoms. The molecule has 2 rings (SSSR count). The van der Waals surface area contributed by atoms with Crippen LogP contribution in [0.2, 0.25) is 0 Å². The van der Waals surface area contributed by atoms with Crippen LogP contribution in [0.3, 0.4) is 0 Å². The van der Waals surface area contributed by atoms with E-state index in [1.165, 1.54) is 12.8 Å². The first kappa shape index (κ1) is 14.3. The Labute approximate surface area is 111 Å². The highest BCUT2D eigenvalue weighted by Gasteiger charge is 2.45. The third kappa shape index (κ3) is 4.21. The van der Waals surface area contributed by atoms with Crippen molar-refractivity contribution in [3.05, 3.63) is 0 Å². The van der Waals surface area contributed by atoms with E-state index >= 15 is 0 Å². The van der Waals surface area contributed by atoms with Crippen molar-refractivity contribution in [2.75, 3.05) is 18.8 Å². The third-order valence-corrected chi connectivity index (χ3v) is 5.77. The van der Waals surface area contributed by atoms with E-state index in [0.717, 1.165) is 19.4 Å². The van der Waals surface area contributed by atoms with E-state index in [2.05, 4.69) is 23.9 Å².